The van der Waals surface area contributed by atoms with Crippen molar-refractivity contribution in [2.75, 3.05) is 7.11 Å². The van der Waals surface area contributed by atoms with Crippen LogP contribution >= 0.6 is 0 Å². The van der Waals surface area contributed by atoms with Gasteiger partial charge in [-0.3, -0.25) is 4.79 Å². The number of methoxy groups -OCH3 is 1. The molecule has 0 radical (unpaired) electrons. The number of ether oxygens (including phenoxy) is 1. The van der Waals surface area contributed by atoms with E-state index in [1.165, 1.54) is 7.11 Å². The van der Waals surface area contributed by atoms with Gasteiger partial charge in [-0.1, -0.05) is 25.4 Å². The average Bonchev–Trinajstić information content (AvgIpc) is 2.11. The Morgan fingerprint density at radius 3 is 2.67 bits per heavy atom. The Hall–Kier alpha value is -1.22. The summed E-state index contributed by atoms with van der Waals surface area (Å²) in [7, 11) is 1.28. The minimum absolute atomic E-state index is 0.0216. The molecule has 12 heavy (non-hydrogen) atoms. The molecule has 5 heteroatoms. The molecule has 0 saturated carbocycles. The number of nitrogens with zero attached hydrogens (tertiary/aromatic N) is 3. The summed E-state index contributed by atoms with van der Waals surface area (Å²) in [6.45, 7) is 3.77. The van der Waals surface area contributed by atoms with Crippen LogP contribution in [0.1, 0.15) is 20.3 Å². The summed E-state index contributed by atoms with van der Waals surface area (Å²) in [5.74, 6) is -0.449. The first-order valence-corrected chi connectivity index (χ1v) is 3.79. The molecule has 0 aromatic carbocycles. The fraction of sp³-hybridized carbons (Fsp3) is 0.857. The monoisotopic (exact) mass is 171 g/mol. The maximum Gasteiger partial charge on any atom is 0.314 e. The first-order chi connectivity index (χ1) is 5.67. The molecule has 0 N–H and O–H groups in total. The van der Waals surface area contributed by atoms with Crippen molar-refractivity contribution in [2.24, 2.45) is 11.0 Å². The number of esters is 1. The Bertz CT molecular complexity index is 199. The fourth-order valence-corrected chi connectivity index (χ4v) is 0.793. The second-order valence-corrected chi connectivity index (χ2v) is 2.56. The maximum atomic E-state index is 11.0. The summed E-state index contributed by atoms with van der Waals surface area (Å²) in [5, 5.41) is 3.37. The molecule has 68 valence electrons. The fourth-order valence-electron chi connectivity index (χ4n) is 0.793. The molecule has 0 bridgehead atoms. The number of carbonyl (C=O) groups is 1. The van der Waals surface area contributed by atoms with Gasteiger partial charge >= 0.3 is 5.97 Å². The van der Waals surface area contributed by atoms with Crippen molar-refractivity contribution in [2.45, 2.75) is 26.3 Å². The molecule has 0 spiro atoms. The lowest BCUT2D eigenvalue weighted by Gasteiger charge is -2.14. The van der Waals surface area contributed by atoms with Crippen LogP contribution in [0.5, 0.6) is 0 Å². The molecule has 5 nitrogen and oxygen atoms in total. The summed E-state index contributed by atoms with van der Waals surface area (Å²) in [6, 6.07) is -0.690. The third-order valence-corrected chi connectivity index (χ3v) is 1.80. The van der Waals surface area contributed by atoms with E-state index in [4.69, 9.17) is 5.53 Å². The number of hydrogen-bond donors (Lipinski definition) is 0. The first kappa shape index (κ1) is 10.8. The second kappa shape index (κ2) is 5.43. The number of hydrogen-bond acceptors (Lipinski definition) is 3. The molecular formula is C7H13N3O2. The van der Waals surface area contributed by atoms with Crippen molar-refractivity contribution >= 4 is 5.97 Å². The van der Waals surface area contributed by atoms with Gasteiger partial charge in [0.2, 0.25) is 0 Å². The van der Waals surface area contributed by atoms with E-state index in [9.17, 15) is 4.79 Å². The van der Waals surface area contributed by atoms with Crippen LogP contribution < -0.4 is 0 Å². The minimum atomic E-state index is -0.690. The van der Waals surface area contributed by atoms with Crippen molar-refractivity contribution in [1.29, 1.82) is 0 Å². The standard InChI is InChI=1S/C7H13N3O2/c1-4-5(2)6(9-10-8)7(11)12-3/h5-6H,4H2,1-3H3/t5?,6-/m0/s1. The van der Waals surface area contributed by atoms with Gasteiger partial charge in [-0.25, -0.2) is 0 Å². The summed E-state index contributed by atoms with van der Waals surface area (Å²) >= 11 is 0. The Labute approximate surface area is 71.3 Å². The SMILES string of the molecule is CCC(C)[C@H](N=[N+]=[N-])C(=O)OC. The molecule has 0 aromatic rings. The third-order valence-electron chi connectivity index (χ3n) is 1.80. The zero-order valence-electron chi connectivity index (χ0n) is 7.52. The number of rotatable bonds is 4. The van der Waals surface area contributed by atoms with Gasteiger partial charge in [0, 0.05) is 4.91 Å². The zero-order chi connectivity index (χ0) is 9.56. The summed E-state index contributed by atoms with van der Waals surface area (Å²) < 4.78 is 4.48. The highest BCUT2D eigenvalue weighted by atomic mass is 16.5. The van der Waals surface area contributed by atoms with Crippen molar-refractivity contribution in [3.63, 3.8) is 0 Å². The Morgan fingerprint density at radius 2 is 2.33 bits per heavy atom. The number of azide groups is 1. The Balaban J connectivity index is 4.42. The molecule has 0 aromatic heterocycles. The van der Waals surface area contributed by atoms with Crippen LogP contribution in [-0.4, -0.2) is 19.1 Å². The van der Waals surface area contributed by atoms with Gasteiger partial charge in [-0.15, -0.1) is 0 Å². The predicted molar refractivity (Wildman–Crippen MR) is 44.4 cm³/mol. The van der Waals surface area contributed by atoms with Crippen LogP contribution in [0.25, 0.3) is 10.4 Å². The Morgan fingerprint density at radius 1 is 1.75 bits per heavy atom. The van der Waals surface area contributed by atoms with E-state index in [1.54, 1.807) is 0 Å². The van der Waals surface area contributed by atoms with Gasteiger partial charge in [0.05, 0.1) is 7.11 Å². The van der Waals surface area contributed by atoms with E-state index in [-0.39, 0.29) is 5.92 Å². The van der Waals surface area contributed by atoms with Crippen molar-refractivity contribution < 1.29 is 9.53 Å². The maximum absolute atomic E-state index is 11.0. The van der Waals surface area contributed by atoms with E-state index in [0.29, 0.717) is 0 Å². The van der Waals surface area contributed by atoms with Crippen molar-refractivity contribution in [3.8, 4) is 0 Å². The normalized spacial score (nSPS) is 14.2. The zero-order valence-corrected chi connectivity index (χ0v) is 7.52. The lowest BCUT2D eigenvalue weighted by atomic mass is 10.0. The van der Waals surface area contributed by atoms with E-state index in [0.717, 1.165) is 6.42 Å². The molecule has 0 heterocycles. The molecule has 0 aliphatic carbocycles. The highest BCUT2D eigenvalue weighted by Gasteiger charge is 2.22. The van der Waals surface area contributed by atoms with E-state index < -0.39 is 12.0 Å². The van der Waals surface area contributed by atoms with Gasteiger partial charge in [0.1, 0.15) is 6.04 Å². The topological polar surface area (TPSA) is 75.1 Å². The third kappa shape index (κ3) is 2.80. The number of carbonyl (C=O) groups excluding carboxylic acids is 1. The lowest BCUT2D eigenvalue weighted by molar-refractivity contribution is -0.143. The summed E-state index contributed by atoms with van der Waals surface area (Å²) in [4.78, 5) is 13.6. The van der Waals surface area contributed by atoms with Gasteiger partial charge in [0.15, 0.2) is 0 Å². The molecule has 0 aliphatic rings. The van der Waals surface area contributed by atoms with Crippen molar-refractivity contribution in [3.05, 3.63) is 10.4 Å². The molecule has 0 amide bonds. The highest BCUT2D eigenvalue weighted by Crippen LogP contribution is 2.12. The van der Waals surface area contributed by atoms with E-state index >= 15 is 0 Å². The quantitative estimate of drug-likeness (QED) is 0.280. The van der Waals surface area contributed by atoms with Gasteiger partial charge in [0.25, 0.3) is 0 Å². The van der Waals surface area contributed by atoms with Crippen LogP contribution in [0.2, 0.25) is 0 Å². The first-order valence-electron chi connectivity index (χ1n) is 3.79. The smallest absolute Gasteiger partial charge is 0.314 e. The van der Waals surface area contributed by atoms with Gasteiger partial charge < -0.3 is 4.74 Å². The molecular weight excluding hydrogens is 158 g/mol. The van der Waals surface area contributed by atoms with E-state index in [2.05, 4.69) is 14.8 Å². The minimum Gasteiger partial charge on any atom is -0.469 e. The molecule has 0 saturated heterocycles. The van der Waals surface area contributed by atoms with Gasteiger partial charge in [-0.2, -0.15) is 0 Å². The van der Waals surface area contributed by atoms with Crippen LogP contribution in [0, 0.1) is 5.92 Å². The van der Waals surface area contributed by atoms with Crippen LogP contribution in [0.3, 0.4) is 0 Å². The summed E-state index contributed by atoms with van der Waals surface area (Å²) in [6.07, 6.45) is 0.777. The highest BCUT2D eigenvalue weighted by molar-refractivity contribution is 5.76. The average molecular weight is 171 g/mol. The predicted octanol–water partition coefficient (Wildman–Crippen LogP) is 1.88. The lowest BCUT2D eigenvalue weighted by Crippen LogP contribution is -2.26. The molecule has 0 aliphatic heterocycles. The van der Waals surface area contributed by atoms with Crippen molar-refractivity contribution in [1.82, 2.24) is 0 Å². The van der Waals surface area contributed by atoms with Crippen LogP contribution in [0.15, 0.2) is 5.11 Å². The Kier molecular flexibility index (Phi) is 4.88. The van der Waals surface area contributed by atoms with Crippen LogP contribution in [-0.2, 0) is 9.53 Å². The van der Waals surface area contributed by atoms with E-state index in [1.807, 2.05) is 13.8 Å². The van der Waals surface area contributed by atoms with Gasteiger partial charge in [-0.05, 0) is 11.4 Å². The molecule has 1 unspecified atom stereocenters. The molecule has 0 fully saturated rings. The largest absolute Gasteiger partial charge is 0.469 e. The molecule has 2 atom stereocenters. The second-order valence-electron chi connectivity index (χ2n) is 2.56. The van der Waals surface area contributed by atoms with Crippen LogP contribution in [0.4, 0.5) is 0 Å². The molecule has 0 rings (SSSR count). The summed E-state index contributed by atoms with van der Waals surface area (Å²) in [5.41, 5.74) is 8.18.